The van der Waals surface area contributed by atoms with Gasteiger partial charge in [0.1, 0.15) is 5.82 Å². The lowest BCUT2D eigenvalue weighted by atomic mass is 10.1. The average molecular weight is 207 g/mol. The van der Waals surface area contributed by atoms with Crippen molar-refractivity contribution in [3.63, 3.8) is 0 Å². The van der Waals surface area contributed by atoms with Crippen LogP contribution in [-0.2, 0) is 0 Å². The first kappa shape index (κ1) is 9.92. The molecule has 0 spiro atoms. The molecule has 3 N–H and O–H groups in total. The lowest BCUT2D eigenvalue weighted by Gasteiger charge is -2.12. The van der Waals surface area contributed by atoms with Crippen LogP contribution in [0.1, 0.15) is 12.5 Å². The first-order chi connectivity index (χ1) is 7.20. The number of aliphatic hydroxyl groups excluding tert-OH is 1. The predicted molar refractivity (Wildman–Crippen MR) is 56.3 cm³/mol. The molecule has 80 valence electrons. The van der Waals surface area contributed by atoms with Crippen LogP contribution in [-0.4, -0.2) is 21.3 Å². The van der Waals surface area contributed by atoms with Crippen LogP contribution in [0.5, 0.6) is 0 Å². The highest BCUT2D eigenvalue weighted by atomic mass is 16.3. The summed E-state index contributed by atoms with van der Waals surface area (Å²) in [5.74, 6) is 0.372. The summed E-state index contributed by atoms with van der Waals surface area (Å²) in [6.07, 6.45) is 6.22. The average Bonchev–Trinajstić information content (AvgIpc) is 2.66. The van der Waals surface area contributed by atoms with Crippen molar-refractivity contribution in [2.45, 2.75) is 12.5 Å². The fourth-order valence-electron chi connectivity index (χ4n) is 1.77. The van der Waals surface area contributed by atoms with E-state index >= 15 is 0 Å². The van der Waals surface area contributed by atoms with E-state index in [4.69, 9.17) is 10.8 Å². The Labute approximate surface area is 86.9 Å². The monoisotopic (exact) mass is 207 g/mol. The highest BCUT2D eigenvalue weighted by Gasteiger charge is 2.20. The first-order valence-corrected chi connectivity index (χ1v) is 4.84. The van der Waals surface area contributed by atoms with E-state index in [-0.39, 0.29) is 30.1 Å². The molecule has 0 saturated heterocycles. The number of rotatable bonds is 2. The minimum absolute atomic E-state index is 0.0113. The van der Waals surface area contributed by atoms with Gasteiger partial charge in [0.05, 0.1) is 6.04 Å². The highest BCUT2D eigenvalue weighted by Crippen LogP contribution is 2.25. The fourth-order valence-corrected chi connectivity index (χ4v) is 1.77. The standard InChI is InChI=1S/C10H13N3O2/c11-9-3-4-13(10(15)12-9)8-2-1-7(5-8)6-14/h1-4,7-8,14H,5-6H2,(H2,11,12,15)/t7-,8+/m0/s1. The molecule has 15 heavy (non-hydrogen) atoms. The van der Waals surface area contributed by atoms with E-state index in [0.717, 1.165) is 6.42 Å². The first-order valence-electron chi connectivity index (χ1n) is 4.84. The van der Waals surface area contributed by atoms with Crippen molar-refractivity contribution in [3.8, 4) is 0 Å². The number of nitrogen functional groups attached to an aromatic ring is 1. The number of hydrogen-bond donors (Lipinski definition) is 2. The lowest BCUT2D eigenvalue weighted by Crippen LogP contribution is -2.26. The summed E-state index contributed by atoms with van der Waals surface area (Å²) in [6.45, 7) is 0.115. The molecular formula is C10H13N3O2. The van der Waals surface area contributed by atoms with Gasteiger partial charge in [-0.2, -0.15) is 4.98 Å². The SMILES string of the molecule is Nc1ccn([C@@H]2C=C[C@H](CO)C2)c(=O)n1. The van der Waals surface area contributed by atoms with Crippen LogP contribution in [0.15, 0.2) is 29.2 Å². The van der Waals surface area contributed by atoms with Gasteiger partial charge in [0.15, 0.2) is 0 Å². The Morgan fingerprint density at radius 1 is 1.60 bits per heavy atom. The van der Waals surface area contributed by atoms with E-state index < -0.39 is 0 Å². The molecule has 0 unspecified atom stereocenters. The normalized spacial score (nSPS) is 24.6. The summed E-state index contributed by atoms with van der Waals surface area (Å²) >= 11 is 0. The van der Waals surface area contributed by atoms with Gasteiger partial charge in [-0.25, -0.2) is 4.79 Å². The Bertz CT molecular complexity index is 439. The molecule has 0 fully saturated rings. The van der Waals surface area contributed by atoms with E-state index in [1.165, 1.54) is 4.57 Å². The Hall–Kier alpha value is -1.62. The second-order valence-corrected chi connectivity index (χ2v) is 3.67. The second kappa shape index (κ2) is 3.86. The van der Waals surface area contributed by atoms with E-state index in [0.29, 0.717) is 0 Å². The van der Waals surface area contributed by atoms with Crippen LogP contribution in [0.2, 0.25) is 0 Å². The molecule has 0 radical (unpaired) electrons. The van der Waals surface area contributed by atoms with E-state index in [2.05, 4.69) is 4.98 Å². The quantitative estimate of drug-likeness (QED) is 0.665. The van der Waals surface area contributed by atoms with Gasteiger partial charge in [-0.05, 0) is 12.5 Å². The maximum absolute atomic E-state index is 11.5. The molecule has 5 heteroatoms. The molecule has 1 aliphatic rings. The van der Waals surface area contributed by atoms with Crippen LogP contribution < -0.4 is 11.4 Å². The molecule has 1 aromatic rings. The summed E-state index contributed by atoms with van der Waals surface area (Å²) in [5.41, 5.74) is 5.05. The Balaban J connectivity index is 2.25. The van der Waals surface area contributed by atoms with Gasteiger partial charge >= 0.3 is 5.69 Å². The number of anilines is 1. The molecule has 1 aromatic heterocycles. The van der Waals surface area contributed by atoms with E-state index in [1.807, 2.05) is 12.2 Å². The van der Waals surface area contributed by atoms with Gasteiger partial charge < -0.3 is 10.8 Å². The predicted octanol–water partition coefficient (Wildman–Crippen LogP) is -0.0650. The van der Waals surface area contributed by atoms with Crippen molar-refractivity contribution < 1.29 is 5.11 Å². The van der Waals surface area contributed by atoms with Crippen LogP contribution >= 0.6 is 0 Å². The summed E-state index contributed by atoms with van der Waals surface area (Å²) in [4.78, 5) is 15.2. The smallest absolute Gasteiger partial charge is 0.350 e. The van der Waals surface area contributed by atoms with Crippen LogP contribution in [0.3, 0.4) is 0 Å². The molecule has 0 saturated carbocycles. The van der Waals surface area contributed by atoms with Crippen molar-refractivity contribution in [2.75, 3.05) is 12.3 Å². The van der Waals surface area contributed by atoms with Crippen molar-refractivity contribution in [1.82, 2.24) is 9.55 Å². The maximum atomic E-state index is 11.5. The van der Waals surface area contributed by atoms with E-state index in [9.17, 15) is 4.79 Å². The van der Waals surface area contributed by atoms with Gasteiger partial charge in [-0.1, -0.05) is 12.2 Å². The molecule has 0 aliphatic heterocycles. The summed E-state index contributed by atoms with van der Waals surface area (Å²) in [6, 6.07) is 1.59. The minimum atomic E-state index is -0.344. The number of nitrogens with zero attached hydrogens (tertiary/aromatic N) is 2. The summed E-state index contributed by atoms with van der Waals surface area (Å²) in [5, 5.41) is 8.97. The zero-order valence-corrected chi connectivity index (χ0v) is 8.21. The van der Waals surface area contributed by atoms with Crippen LogP contribution in [0.25, 0.3) is 0 Å². The summed E-state index contributed by atoms with van der Waals surface area (Å²) < 4.78 is 1.53. The number of hydrogen-bond acceptors (Lipinski definition) is 4. The Kier molecular flexibility index (Phi) is 2.55. The lowest BCUT2D eigenvalue weighted by molar-refractivity contribution is 0.243. The topological polar surface area (TPSA) is 81.1 Å². The minimum Gasteiger partial charge on any atom is -0.396 e. The van der Waals surface area contributed by atoms with Crippen molar-refractivity contribution >= 4 is 5.82 Å². The molecule has 2 atom stereocenters. The maximum Gasteiger partial charge on any atom is 0.350 e. The summed E-state index contributed by atoms with van der Waals surface area (Å²) in [7, 11) is 0. The van der Waals surface area contributed by atoms with Crippen LogP contribution in [0.4, 0.5) is 5.82 Å². The zero-order valence-electron chi connectivity index (χ0n) is 8.21. The molecule has 0 aromatic carbocycles. The zero-order chi connectivity index (χ0) is 10.8. The fraction of sp³-hybridized carbons (Fsp3) is 0.400. The molecule has 5 nitrogen and oxygen atoms in total. The van der Waals surface area contributed by atoms with Gasteiger partial charge in [-0.3, -0.25) is 4.57 Å². The third-order valence-electron chi connectivity index (χ3n) is 2.59. The number of aliphatic hydroxyl groups is 1. The largest absolute Gasteiger partial charge is 0.396 e. The van der Waals surface area contributed by atoms with Crippen molar-refractivity contribution in [3.05, 3.63) is 34.9 Å². The number of aromatic nitrogens is 2. The van der Waals surface area contributed by atoms with E-state index in [1.54, 1.807) is 12.3 Å². The molecule has 0 bridgehead atoms. The van der Waals surface area contributed by atoms with Gasteiger partial charge in [0, 0.05) is 18.7 Å². The Morgan fingerprint density at radius 2 is 2.40 bits per heavy atom. The molecule has 0 amide bonds. The molecular weight excluding hydrogens is 194 g/mol. The van der Waals surface area contributed by atoms with Gasteiger partial charge in [-0.15, -0.1) is 0 Å². The third-order valence-corrected chi connectivity index (χ3v) is 2.59. The van der Waals surface area contributed by atoms with Crippen molar-refractivity contribution in [2.24, 2.45) is 5.92 Å². The van der Waals surface area contributed by atoms with Gasteiger partial charge in [0.25, 0.3) is 0 Å². The van der Waals surface area contributed by atoms with Crippen molar-refractivity contribution in [1.29, 1.82) is 0 Å². The third kappa shape index (κ3) is 1.92. The number of allylic oxidation sites excluding steroid dienone is 1. The number of nitrogens with two attached hydrogens (primary N) is 1. The molecule has 1 heterocycles. The molecule has 2 rings (SSSR count). The highest BCUT2D eigenvalue weighted by molar-refractivity contribution is 5.24. The van der Waals surface area contributed by atoms with Gasteiger partial charge in [0.2, 0.25) is 0 Å². The molecule has 1 aliphatic carbocycles. The van der Waals surface area contributed by atoms with Crippen LogP contribution in [0, 0.1) is 5.92 Å². The second-order valence-electron chi connectivity index (χ2n) is 3.67. The Morgan fingerprint density at radius 3 is 3.00 bits per heavy atom.